The molecule has 0 aliphatic carbocycles. The van der Waals surface area contributed by atoms with E-state index in [2.05, 4.69) is 68.7 Å². The molecule has 2 N–H and O–H groups in total. The van der Waals surface area contributed by atoms with E-state index in [4.69, 9.17) is 9.72 Å². The zero-order valence-corrected chi connectivity index (χ0v) is 29.5. The van der Waals surface area contributed by atoms with Crippen LogP contribution in [0.5, 0.6) is 0 Å². The summed E-state index contributed by atoms with van der Waals surface area (Å²) in [5.41, 5.74) is 5.28. The second-order valence-electron chi connectivity index (χ2n) is 13.8. The van der Waals surface area contributed by atoms with Gasteiger partial charge in [0.1, 0.15) is 12.4 Å². The SMILES string of the molecule is Cc1cc(N2CCN(CCCCCC(=O)OCc3ccccc3)CC2)nc2ccc(NC(=O)CNC3CCN(Cc4ccccc4)CC3)cc12. The number of unbranched alkanes of at least 4 members (excludes halogenated alkanes) is 2. The van der Waals surface area contributed by atoms with Gasteiger partial charge in [-0.1, -0.05) is 67.1 Å². The maximum atomic E-state index is 12.8. The van der Waals surface area contributed by atoms with Gasteiger partial charge in [0.2, 0.25) is 5.91 Å². The van der Waals surface area contributed by atoms with Crippen LogP contribution >= 0.6 is 0 Å². The summed E-state index contributed by atoms with van der Waals surface area (Å²) in [6, 6.07) is 29.0. The lowest BCUT2D eigenvalue weighted by molar-refractivity contribution is -0.145. The molecule has 9 heteroatoms. The van der Waals surface area contributed by atoms with Crippen LogP contribution in [0.3, 0.4) is 0 Å². The molecule has 9 nitrogen and oxygen atoms in total. The van der Waals surface area contributed by atoms with Crippen molar-refractivity contribution in [2.24, 2.45) is 0 Å². The Morgan fingerprint density at radius 3 is 2.26 bits per heavy atom. The molecule has 0 saturated carbocycles. The van der Waals surface area contributed by atoms with Crippen molar-refractivity contribution in [3.8, 4) is 0 Å². The molecule has 1 aromatic heterocycles. The predicted octanol–water partition coefficient (Wildman–Crippen LogP) is 6.16. The van der Waals surface area contributed by atoms with Gasteiger partial charge in [0, 0.05) is 56.3 Å². The first kappa shape index (κ1) is 35.5. The standard InChI is InChI=1S/C41H52N6O3/c1-32-27-39(47-25-23-45(24-26-47)20-10-4-9-15-41(49)50-31-34-13-7-3-8-14-34)44-38-17-16-36(28-37(32)38)43-40(48)29-42-35-18-21-46(22-19-35)30-33-11-5-2-6-12-33/h2-3,5-8,11-14,16-17,27-28,35,42H,4,9-10,15,18-26,29-31H2,1H3,(H,43,48). The minimum atomic E-state index is -0.115. The topological polar surface area (TPSA) is 90.0 Å². The van der Waals surface area contributed by atoms with Crippen LogP contribution in [0.15, 0.2) is 84.9 Å². The second kappa shape index (κ2) is 18.1. The number of rotatable bonds is 15. The fraction of sp³-hybridized carbons (Fsp3) is 0.439. The van der Waals surface area contributed by atoms with Gasteiger partial charge in [-0.05, 0) is 93.2 Å². The summed E-state index contributed by atoms with van der Waals surface area (Å²) in [5.74, 6) is 0.882. The molecular weight excluding hydrogens is 624 g/mol. The van der Waals surface area contributed by atoms with Crippen LogP contribution in [0.4, 0.5) is 11.5 Å². The number of hydrogen-bond acceptors (Lipinski definition) is 8. The van der Waals surface area contributed by atoms with Crippen molar-refractivity contribution in [2.75, 3.05) is 62.6 Å². The van der Waals surface area contributed by atoms with Crippen LogP contribution in [-0.4, -0.2) is 85.1 Å². The monoisotopic (exact) mass is 676 g/mol. The van der Waals surface area contributed by atoms with Crippen LogP contribution < -0.4 is 15.5 Å². The fourth-order valence-corrected chi connectivity index (χ4v) is 6.99. The minimum absolute atomic E-state index is 0.0162. The molecule has 1 amide bonds. The van der Waals surface area contributed by atoms with E-state index in [1.165, 1.54) is 5.56 Å². The van der Waals surface area contributed by atoms with Gasteiger partial charge in [-0.25, -0.2) is 4.98 Å². The Kier molecular flexibility index (Phi) is 12.8. The normalized spacial score (nSPS) is 16.1. The third-order valence-corrected chi connectivity index (χ3v) is 9.97. The van der Waals surface area contributed by atoms with E-state index < -0.39 is 0 Å². The third-order valence-electron chi connectivity index (χ3n) is 9.97. The lowest BCUT2D eigenvalue weighted by Gasteiger charge is -2.35. The highest BCUT2D eigenvalue weighted by molar-refractivity contribution is 5.95. The number of benzene rings is 3. The maximum Gasteiger partial charge on any atom is 0.306 e. The van der Waals surface area contributed by atoms with Crippen molar-refractivity contribution in [1.29, 1.82) is 0 Å². The van der Waals surface area contributed by atoms with E-state index in [1.54, 1.807) is 0 Å². The van der Waals surface area contributed by atoms with Crippen LogP contribution in [0.2, 0.25) is 0 Å². The Labute approximate surface area is 297 Å². The number of aromatic nitrogens is 1. The Morgan fingerprint density at radius 2 is 1.52 bits per heavy atom. The number of amides is 1. The highest BCUT2D eigenvalue weighted by Crippen LogP contribution is 2.26. The summed E-state index contributed by atoms with van der Waals surface area (Å²) in [4.78, 5) is 37.3. The number of esters is 1. The van der Waals surface area contributed by atoms with Crippen LogP contribution in [0.1, 0.15) is 55.2 Å². The number of piperidine rings is 1. The summed E-state index contributed by atoms with van der Waals surface area (Å²) in [6.07, 6.45) is 5.56. The van der Waals surface area contributed by atoms with Gasteiger partial charge < -0.3 is 20.3 Å². The van der Waals surface area contributed by atoms with Gasteiger partial charge in [0.05, 0.1) is 12.1 Å². The Bertz CT molecular complexity index is 1670. The van der Waals surface area contributed by atoms with Gasteiger partial charge in [0.15, 0.2) is 0 Å². The molecule has 3 aromatic carbocycles. The van der Waals surface area contributed by atoms with Gasteiger partial charge in [-0.2, -0.15) is 0 Å². The molecule has 0 radical (unpaired) electrons. The molecule has 2 aliphatic rings. The fourth-order valence-electron chi connectivity index (χ4n) is 6.99. The number of aryl methyl sites for hydroxylation is 1. The number of nitrogens with zero attached hydrogens (tertiary/aromatic N) is 4. The summed E-state index contributed by atoms with van der Waals surface area (Å²) >= 11 is 0. The van der Waals surface area contributed by atoms with E-state index in [1.807, 2.05) is 48.5 Å². The number of nitrogens with one attached hydrogen (secondary N) is 2. The first-order valence-corrected chi connectivity index (χ1v) is 18.4. The zero-order valence-electron chi connectivity index (χ0n) is 29.5. The molecule has 0 spiro atoms. The molecular formula is C41H52N6O3. The lowest BCUT2D eigenvalue weighted by atomic mass is 10.0. The van der Waals surface area contributed by atoms with Crippen molar-refractivity contribution in [2.45, 2.75) is 64.6 Å². The summed E-state index contributed by atoms with van der Waals surface area (Å²) < 4.78 is 5.40. The van der Waals surface area contributed by atoms with Gasteiger partial charge in [-0.3, -0.25) is 19.4 Å². The Balaban J connectivity index is 0.878. The number of likely N-dealkylation sites (tertiary alicyclic amines) is 1. The Morgan fingerprint density at radius 1 is 0.800 bits per heavy atom. The number of hydrogen-bond donors (Lipinski definition) is 2. The van der Waals surface area contributed by atoms with E-state index in [0.29, 0.717) is 25.6 Å². The molecule has 0 bridgehead atoms. The van der Waals surface area contributed by atoms with E-state index >= 15 is 0 Å². The van der Waals surface area contributed by atoms with Crippen LogP contribution in [0, 0.1) is 6.92 Å². The number of carbonyl (C=O) groups excluding carboxylic acids is 2. The first-order chi connectivity index (χ1) is 24.5. The van der Waals surface area contributed by atoms with Crippen molar-refractivity contribution in [1.82, 2.24) is 20.1 Å². The van der Waals surface area contributed by atoms with E-state index in [0.717, 1.165) is 118 Å². The number of carbonyl (C=O) groups is 2. The predicted molar refractivity (Wildman–Crippen MR) is 201 cm³/mol. The average molecular weight is 677 g/mol. The highest BCUT2D eigenvalue weighted by atomic mass is 16.5. The smallest absolute Gasteiger partial charge is 0.306 e. The van der Waals surface area contributed by atoms with Gasteiger partial charge in [0.25, 0.3) is 0 Å². The molecule has 2 saturated heterocycles. The molecule has 0 unspecified atom stereocenters. The largest absolute Gasteiger partial charge is 0.461 e. The quantitative estimate of drug-likeness (QED) is 0.114. The minimum Gasteiger partial charge on any atom is -0.461 e. The van der Waals surface area contributed by atoms with Crippen molar-refractivity contribution < 1.29 is 14.3 Å². The average Bonchev–Trinajstić information content (AvgIpc) is 3.15. The third kappa shape index (κ3) is 10.6. The molecule has 2 aliphatic heterocycles. The van der Waals surface area contributed by atoms with Crippen LogP contribution in [-0.2, 0) is 27.5 Å². The van der Waals surface area contributed by atoms with Crippen molar-refractivity contribution in [3.05, 3.63) is 102 Å². The van der Waals surface area contributed by atoms with Gasteiger partial charge in [-0.15, -0.1) is 0 Å². The molecule has 6 rings (SSSR count). The number of anilines is 2. The Hall–Kier alpha value is -4.31. The molecule has 4 aromatic rings. The van der Waals surface area contributed by atoms with Crippen LogP contribution in [0.25, 0.3) is 10.9 Å². The van der Waals surface area contributed by atoms with Crippen molar-refractivity contribution >= 4 is 34.3 Å². The van der Waals surface area contributed by atoms with E-state index in [-0.39, 0.29) is 11.9 Å². The van der Waals surface area contributed by atoms with Crippen molar-refractivity contribution in [3.63, 3.8) is 0 Å². The number of pyridine rings is 1. The van der Waals surface area contributed by atoms with E-state index in [9.17, 15) is 9.59 Å². The van der Waals surface area contributed by atoms with Gasteiger partial charge >= 0.3 is 5.97 Å². The molecule has 0 atom stereocenters. The summed E-state index contributed by atoms with van der Waals surface area (Å²) in [7, 11) is 0. The molecule has 264 valence electrons. The maximum absolute atomic E-state index is 12.8. The zero-order chi connectivity index (χ0) is 34.5. The molecule has 3 heterocycles. The first-order valence-electron chi connectivity index (χ1n) is 18.4. The second-order valence-corrected chi connectivity index (χ2v) is 13.8. The highest BCUT2D eigenvalue weighted by Gasteiger charge is 2.21. The number of piperazine rings is 1. The summed E-state index contributed by atoms with van der Waals surface area (Å²) in [5, 5.41) is 7.63. The summed E-state index contributed by atoms with van der Waals surface area (Å²) in [6.45, 7) is 10.8. The molecule has 2 fully saturated rings. The molecule has 50 heavy (non-hydrogen) atoms. The number of ether oxygens (including phenoxy) is 1. The number of fused-ring (bicyclic) bond motifs is 1. The lowest BCUT2D eigenvalue weighted by Crippen LogP contribution is -2.46.